The van der Waals surface area contributed by atoms with Gasteiger partial charge >= 0.3 is 12.3 Å². The number of nitrogens with zero attached hydrogens (tertiary/aromatic N) is 5. The monoisotopic (exact) mass is 701 g/mol. The number of thioether (sulfide) groups is 1. The van der Waals surface area contributed by atoms with Crippen LogP contribution in [0.2, 0.25) is 0 Å². The van der Waals surface area contributed by atoms with Crippen LogP contribution < -0.4 is 20.5 Å². The number of nitrogens with one attached hydrogen (secondary N) is 2. The van der Waals surface area contributed by atoms with Crippen molar-refractivity contribution in [2.24, 2.45) is 4.99 Å². The predicted molar refractivity (Wildman–Crippen MR) is 176 cm³/mol. The van der Waals surface area contributed by atoms with Crippen molar-refractivity contribution in [1.29, 1.82) is 0 Å². The fraction of sp³-hybridized carbons (Fsp3) is 0.281. The average molecular weight is 702 g/mol. The summed E-state index contributed by atoms with van der Waals surface area (Å²) in [4.78, 5) is 23.4. The number of rotatable bonds is 8. The molecule has 1 fully saturated rings. The molecular formula is C32H28F5N7O2S2. The summed E-state index contributed by atoms with van der Waals surface area (Å²) in [6.45, 7) is 1.93. The zero-order chi connectivity index (χ0) is 34.1. The van der Waals surface area contributed by atoms with E-state index in [0.717, 1.165) is 49.1 Å². The standard InChI is InChI=1S/C32H28F5N7O2S2/c1-19(40-41-29(47)39-30-44(27(45)17-48-30)26-8-4-6-21-5-2-3-7-25(21)26)20-9-11-22(12-10-20)28-38-18-43(42-28)23-13-15-24(16-14-23)46-32(36,37)31(33,34)35/h4,6,8-16,18-19,40H,2-3,5,7,17H2,1H3,(H,41,47). The summed E-state index contributed by atoms with van der Waals surface area (Å²) in [6, 6.07) is 17.8. The Morgan fingerprint density at radius 3 is 2.48 bits per heavy atom. The van der Waals surface area contributed by atoms with Crippen molar-refractivity contribution >= 4 is 45.9 Å². The molecule has 0 saturated carbocycles. The third kappa shape index (κ3) is 7.19. The van der Waals surface area contributed by atoms with Gasteiger partial charge in [-0.2, -0.15) is 26.9 Å². The Bertz CT molecular complexity index is 1850. The van der Waals surface area contributed by atoms with E-state index >= 15 is 0 Å². The van der Waals surface area contributed by atoms with Crippen LogP contribution >= 0.6 is 24.0 Å². The Hall–Kier alpha value is -4.41. The molecule has 2 heterocycles. The summed E-state index contributed by atoms with van der Waals surface area (Å²) in [6.07, 6.45) is -5.59. The number of carbonyl (C=O) groups is 1. The first-order valence-electron chi connectivity index (χ1n) is 14.9. The molecule has 0 spiro atoms. The van der Waals surface area contributed by atoms with Gasteiger partial charge in [-0.15, -0.1) is 5.10 Å². The Morgan fingerprint density at radius 2 is 1.75 bits per heavy atom. The van der Waals surface area contributed by atoms with Gasteiger partial charge < -0.3 is 4.74 Å². The van der Waals surface area contributed by atoms with Crippen molar-refractivity contribution in [2.45, 2.75) is 50.9 Å². The number of hydrogen-bond donors (Lipinski definition) is 2. The minimum absolute atomic E-state index is 0.0269. The smallest absolute Gasteiger partial charge is 0.426 e. The quantitative estimate of drug-likeness (QED) is 0.116. The molecule has 1 saturated heterocycles. The Morgan fingerprint density at radius 1 is 1.02 bits per heavy atom. The molecule has 1 unspecified atom stereocenters. The zero-order valence-corrected chi connectivity index (χ0v) is 26.9. The number of aliphatic imine (C=N–C) groups is 1. The predicted octanol–water partition coefficient (Wildman–Crippen LogP) is 6.92. The van der Waals surface area contributed by atoms with E-state index in [1.807, 2.05) is 43.3 Å². The lowest BCUT2D eigenvalue weighted by atomic mass is 9.90. The van der Waals surface area contributed by atoms with Gasteiger partial charge in [0.05, 0.1) is 17.1 Å². The minimum Gasteiger partial charge on any atom is -0.426 e. The van der Waals surface area contributed by atoms with Gasteiger partial charge in [-0.05, 0) is 91.8 Å². The molecule has 9 nitrogen and oxygen atoms in total. The molecule has 1 aliphatic carbocycles. The van der Waals surface area contributed by atoms with Gasteiger partial charge in [-0.1, -0.05) is 48.2 Å². The van der Waals surface area contributed by atoms with Crippen LogP contribution in [0.4, 0.5) is 27.6 Å². The second kappa shape index (κ2) is 13.6. The number of ether oxygens (including phenoxy) is 1. The number of hydrogen-bond acceptors (Lipinski definition) is 7. The fourth-order valence-electron chi connectivity index (χ4n) is 5.33. The topological polar surface area (TPSA) is 96.7 Å². The normalized spacial score (nSPS) is 16.6. The molecule has 2 aliphatic rings. The van der Waals surface area contributed by atoms with Crippen molar-refractivity contribution < 1.29 is 31.5 Å². The lowest BCUT2D eigenvalue weighted by Crippen LogP contribution is -2.41. The van der Waals surface area contributed by atoms with Crippen molar-refractivity contribution in [3.63, 3.8) is 0 Å². The number of benzene rings is 3. The molecule has 4 aromatic rings. The fourth-order valence-corrected chi connectivity index (χ4v) is 6.40. The average Bonchev–Trinajstić information content (AvgIpc) is 3.70. The van der Waals surface area contributed by atoms with E-state index in [0.29, 0.717) is 28.0 Å². The largest absolute Gasteiger partial charge is 0.499 e. The van der Waals surface area contributed by atoms with Crippen LogP contribution in [0, 0.1) is 0 Å². The van der Waals surface area contributed by atoms with Crippen molar-refractivity contribution in [3.8, 4) is 22.8 Å². The van der Waals surface area contributed by atoms with E-state index in [2.05, 4.69) is 36.7 Å². The van der Waals surface area contributed by atoms with Crippen LogP contribution in [0.15, 0.2) is 78.0 Å². The molecule has 1 aromatic heterocycles. The summed E-state index contributed by atoms with van der Waals surface area (Å²) in [7, 11) is 0. The second-order valence-electron chi connectivity index (χ2n) is 11.1. The van der Waals surface area contributed by atoms with Crippen LogP contribution in [0.1, 0.15) is 42.5 Å². The highest BCUT2D eigenvalue weighted by Crippen LogP contribution is 2.38. The molecule has 3 aromatic carbocycles. The molecular weight excluding hydrogens is 674 g/mol. The summed E-state index contributed by atoms with van der Waals surface area (Å²) in [5, 5.41) is 5.11. The molecule has 1 aliphatic heterocycles. The summed E-state index contributed by atoms with van der Waals surface area (Å²) in [5.74, 6) is -0.0139. The van der Waals surface area contributed by atoms with Crippen molar-refractivity contribution in [1.82, 2.24) is 25.6 Å². The van der Waals surface area contributed by atoms with Gasteiger partial charge in [0.15, 0.2) is 11.0 Å². The van der Waals surface area contributed by atoms with Gasteiger partial charge in [0, 0.05) is 11.6 Å². The number of amidine groups is 1. The number of halogens is 5. The maximum atomic E-state index is 13.2. The first kappa shape index (κ1) is 33.5. The van der Waals surface area contributed by atoms with Gasteiger partial charge in [0.2, 0.25) is 11.0 Å². The number of carbonyl (C=O) groups excluding carboxylic acids is 1. The van der Waals surface area contributed by atoms with Crippen LogP contribution in [0.5, 0.6) is 5.75 Å². The molecule has 48 heavy (non-hydrogen) atoms. The molecule has 0 radical (unpaired) electrons. The van der Waals surface area contributed by atoms with Crippen LogP contribution in [0.3, 0.4) is 0 Å². The van der Waals surface area contributed by atoms with E-state index in [1.165, 1.54) is 46.0 Å². The summed E-state index contributed by atoms with van der Waals surface area (Å²) in [5.41, 5.74) is 11.4. The number of anilines is 1. The molecule has 0 bridgehead atoms. The maximum absolute atomic E-state index is 13.2. The minimum atomic E-state index is -5.84. The lowest BCUT2D eigenvalue weighted by molar-refractivity contribution is -0.360. The third-order valence-electron chi connectivity index (χ3n) is 7.81. The molecule has 1 amide bonds. The Kier molecular flexibility index (Phi) is 9.49. The zero-order valence-electron chi connectivity index (χ0n) is 25.3. The maximum Gasteiger partial charge on any atom is 0.499 e. The lowest BCUT2D eigenvalue weighted by Gasteiger charge is -2.24. The number of aryl methyl sites for hydroxylation is 1. The number of alkyl halides is 5. The molecule has 16 heteroatoms. The van der Waals surface area contributed by atoms with E-state index in [1.54, 1.807) is 4.90 Å². The summed E-state index contributed by atoms with van der Waals surface area (Å²) >= 11 is 6.83. The SMILES string of the molecule is CC(NNC(=S)N=C1SCC(=O)N1c1cccc2c1CCCC2)c1ccc(-c2ncn(-c3ccc(OC(F)(F)C(F)(F)F)cc3)n2)cc1. The van der Waals surface area contributed by atoms with Gasteiger partial charge in [-0.25, -0.2) is 15.1 Å². The molecule has 2 N–H and O–H groups in total. The van der Waals surface area contributed by atoms with Crippen molar-refractivity contribution in [2.75, 3.05) is 10.7 Å². The summed E-state index contributed by atoms with van der Waals surface area (Å²) < 4.78 is 68.8. The Balaban J connectivity index is 1.06. The molecule has 6 rings (SSSR count). The number of aromatic nitrogens is 3. The van der Waals surface area contributed by atoms with E-state index in [4.69, 9.17) is 12.2 Å². The highest BCUT2D eigenvalue weighted by atomic mass is 32.2. The first-order valence-corrected chi connectivity index (χ1v) is 16.3. The molecule has 250 valence electrons. The van der Waals surface area contributed by atoms with E-state index in [-0.39, 0.29) is 17.1 Å². The third-order valence-corrected chi connectivity index (χ3v) is 8.93. The van der Waals surface area contributed by atoms with Crippen molar-refractivity contribution in [3.05, 3.63) is 89.7 Å². The van der Waals surface area contributed by atoms with Gasteiger partial charge in [-0.3, -0.25) is 15.1 Å². The number of fused-ring (bicyclic) bond motifs is 1. The van der Waals surface area contributed by atoms with Crippen LogP contribution in [0.25, 0.3) is 17.1 Å². The van der Waals surface area contributed by atoms with E-state index < -0.39 is 18.0 Å². The Labute approximate surface area is 281 Å². The van der Waals surface area contributed by atoms with Crippen LogP contribution in [-0.4, -0.2) is 49.0 Å². The molecule has 1 atom stereocenters. The second-order valence-corrected chi connectivity index (χ2v) is 12.4. The van der Waals surface area contributed by atoms with E-state index in [9.17, 15) is 26.7 Å². The number of hydrazine groups is 1. The van der Waals surface area contributed by atoms with Crippen LogP contribution in [-0.2, 0) is 17.6 Å². The van der Waals surface area contributed by atoms with Gasteiger partial charge in [0.25, 0.3) is 0 Å². The number of amides is 1. The first-order chi connectivity index (χ1) is 22.9. The highest BCUT2D eigenvalue weighted by molar-refractivity contribution is 8.15. The number of thiocarbonyl (C=S) groups is 1. The highest BCUT2D eigenvalue weighted by Gasteiger charge is 2.61. The van der Waals surface area contributed by atoms with Gasteiger partial charge in [0.1, 0.15) is 12.1 Å².